The van der Waals surface area contributed by atoms with E-state index in [1.165, 1.54) is 43.4 Å². The number of rotatable bonds is 4. The van der Waals surface area contributed by atoms with Crippen molar-refractivity contribution in [2.45, 2.75) is 38.5 Å². The SMILES string of the molecule is O=C(NCC12CC3CC(CC(C3)C1)C2)c1ccc(N2CCN(C(=O)O)CC2)nn1. The summed E-state index contributed by atoms with van der Waals surface area (Å²) in [5.74, 6) is 3.17. The lowest BCUT2D eigenvalue weighted by molar-refractivity contribution is -0.0503. The van der Waals surface area contributed by atoms with E-state index in [0.29, 0.717) is 43.1 Å². The first-order chi connectivity index (χ1) is 14.0. The lowest BCUT2D eigenvalue weighted by Gasteiger charge is -2.56. The third-order valence-corrected chi connectivity index (χ3v) is 7.55. The number of nitrogens with one attached hydrogen (secondary N) is 1. The predicted octanol–water partition coefficient (Wildman–Crippen LogP) is 2.22. The van der Waals surface area contributed by atoms with Crippen LogP contribution in [0.1, 0.15) is 49.0 Å². The Bertz CT molecular complexity index is 753. The van der Waals surface area contributed by atoms with Crippen LogP contribution in [0.4, 0.5) is 10.6 Å². The van der Waals surface area contributed by atoms with Crippen LogP contribution in [0, 0.1) is 23.2 Å². The van der Waals surface area contributed by atoms with Crippen LogP contribution in [-0.2, 0) is 0 Å². The zero-order valence-corrected chi connectivity index (χ0v) is 16.7. The Labute approximate surface area is 170 Å². The molecule has 4 bridgehead atoms. The molecule has 2 heterocycles. The molecule has 0 atom stereocenters. The molecule has 29 heavy (non-hydrogen) atoms. The Balaban J connectivity index is 1.17. The highest BCUT2D eigenvalue weighted by molar-refractivity contribution is 5.92. The molecule has 5 aliphatic rings. The number of amides is 2. The van der Waals surface area contributed by atoms with Gasteiger partial charge in [0.25, 0.3) is 5.91 Å². The van der Waals surface area contributed by atoms with Gasteiger partial charge in [0.1, 0.15) is 0 Å². The maximum atomic E-state index is 12.6. The molecule has 0 spiro atoms. The average Bonchev–Trinajstić information content (AvgIpc) is 2.71. The first-order valence-electron chi connectivity index (χ1n) is 10.8. The Kier molecular flexibility index (Phi) is 4.59. The van der Waals surface area contributed by atoms with Crippen molar-refractivity contribution in [1.82, 2.24) is 20.4 Å². The van der Waals surface area contributed by atoms with E-state index in [2.05, 4.69) is 15.5 Å². The number of hydrogen-bond acceptors (Lipinski definition) is 5. The average molecular weight is 399 g/mol. The Morgan fingerprint density at radius 3 is 2.14 bits per heavy atom. The summed E-state index contributed by atoms with van der Waals surface area (Å²) < 4.78 is 0. The van der Waals surface area contributed by atoms with Gasteiger partial charge in [0.2, 0.25) is 0 Å². The monoisotopic (exact) mass is 399 g/mol. The topological polar surface area (TPSA) is 98.7 Å². The molecule has 1 aromatic rings. The molecule has 4 saturated carbocycles. The molecule has 1 aromatic heterocycles. The lowest BCUT2D eigenvalue weighted by Crippen LogP contribution is -2.51. The van der Waals surface area contributed by atoms with Crippen LogP contribution in [0.2, 0.25) is 0 Å². The molecule has 2 amide bonds. The Morgan fingerprint density at radius 1 is 1.00 bits per heavy atom. The minimum Gasteiger partial charge on any atom is -0.465 e. The maximum absolute atomic E-state index is 12.6. The Hall–Kier alpha value is -2.38. The van der Waals surface area contributed by atoms with Crippen LogP contribution in [-0.4, -0.2) is 64.9 Å². The van der Waals surface area contributed by atoms with Crippen molar-refractivity contribution in [2.75, 3.05) is 37.6 Å². The van der Waals surface area contributed by atoms with Crippen LogP contribution in [0.5, 0.6) is 0 Å². The molecular weight excluding hydrogens is 370 g/mol. The fourth-order valence-electron chi connectivity index (χ4n) is 6.61. The second-order valence-electron chi connectivity index (χ2n) is 9.63. The molecule has 5 fully saturated rings. The highest BCUT2D eigenvalue weighted by Crippen LogP contribution is 2.59. The Morgan fingerprint density at radius 2 is 1.62 bits per heavy atom. The number of carboxylic acid groups (broad SMARTS) is 1. The molecule has 1 aliphatic heterocycles. The molecule has 6 rings (SSSR count). The summed E-state index contributed by atoms with van der Waals surface area (Å²) in [7, 11) is 0. The molecule has 1 saturated heterocycles. The summed E-state index contributed by atoms with van der Waals surface area (Å²) in [5, 5.41) is 20.5. The van der Waals surface area contributed by atoms with Crippen molar-refractivity contribution in [3.8, 4) is 0 Å². The zero-order valence-electron chi connectivity index (χ0n) is 16.7. The quantitative estimate of drug-likeness (QED) is 0.806. The molecule has 0 unspecified atom stereocenters. The van der Waals surface area contributed by atoms with E-state index < -0.39 is 6.09 Å². The van der Waals surface area contributed by atoms with Crippen LogP contribution in [0.15, 0.2) is 12.1 Å². The van der Waals surface area contributed by atoms with Gasteiger partial charge in [0.05, 0.1) is 0 Å². The summed E-state index contributed by atoms with van der Waals surface area (Å²) in [6.45, 7) is 2.82. The van der Waals surface area contributed by atoms with Gasteiger partial charge >= 0.3 is 6.09 Å². The van der Waals surface area contributed by atoms with Gasteiger partial charge in [-0.15, -0.1) is 10.2 Å². The highest BCUT2D eigenvalue weighted by Gasteiger charge is 2.50. The van der Waals surface area contributed by atoms with Gasteiger partial charge in [0.15, 0.2) is 11.5 Å². The molecule has 4 aliphatic carbocycles. The number of carbonyl (C=O) groups is 2. The number of carbonyl (C=O) groups excluding carboxylic acids is 1. The summed E-state index contributed by atoms with van der Waals surface area (Å²) in [6.07, 6.45) is 7.13. The second kappa shape index (κ2) is 7.15. The largest absolute Gasteiger partial charge is 0.465 e. The minimum atomic E-state index is -0.887. The third-order valence-electron chi connectivity index (χ3n) is 7.55. The van der Waals surface area contributed by atoms with Crippen molar-refractivity contribution < 1.29 is 14.7 Å². The van der Waals surface area contributed by atoms with E-state index >= 15 is 0 Å². The zero-order chi connectivity index (χ0) is 20.0. The fourth-order valence-corrected chi connectivity index (χ4v) is 6.61. The highest BCUT2D eigenvalue weighted by atomic mass is 16.4. The van der Waals surface area contributed by atoms with Crippen molar-refractivity contribution in [3.63, 3.8) is 0 Å². The van der Waals surface area contributed by atoms with E-state index in [4.69, 9.17) is 5.11 Å². The number of hydrogen-bond donors (Lipinski definition) is 2. The fraction of sp³-hybridized carbons (Fsp3) is 0.714. The van der Waals surface area contributed by atoms with E-state index in [1.54, 1.807) is 6.07 Å². The molecule has 2 N–H and O–H groups in total. The third kappa shape index (κ3) is 3.65. The van der Waals surface area contributed by atoms with Crippen molar-refractivity contribution in [1.29, 1.82) is 0 Å². The molecule has 8 nitrogen and oxygen atoms in total. The van der Waals surface area contributed by atoms with Crippen LogP contribution < -0.4 is 10.2 Å². The number of aromatic nitrogens is 2. The van der Waals surface area contributed by atoms with E-state index in [9.17, 15) is 9.59 Å². The van der Waals surface area contributed by atoms with Gasteiger partial charge in [-0.2, -0.15) is 0 Å². The number of nitrogens with zero attached hydrogens (tertiary/aromatic N) is 4. The predicted molar refractivity (Wildman–Crippen MR) is 107 cm³/mol. The van der Waals surface area contributed by atoms with Gasteiger partial charge in [-0.3, -0.25) is 4.79 Å². The standard InChI is InChI=1S/C21H29N5O3/c27-19(22-13-21-10-14-7-15(11-21)9-16(8-14)12-21)17-1-2-18(24-23-17)25-3-5-26(6-4-25)20(28)29/h1-2,14-16H,3-13H2,(H,22,27)(H,28,29). The van der Waals surface area contributed by atoms with Gasteiger partial charge in [-0.25, -0.2) is 4.79 Å². The molecule has 0 radical (unpaired) electrons. The van der Waals surface area contributed by atoms with E-state index in [1.807, 2.05) is 11.0 Å². The van der Waals surface area contributed by atoms with Crippen LogP contribution in [0.25, 0.3) is 0 Å². The number of piperazine rings is 1. The van der Waals surface area contributed by atoms with Crippen molar-refractivity contribution in [3.05, 3.63) is 17.8 Å². The first-order valence-corrected chi connectivity index (χ1v) is 10.8. The smallest absolute Gasteiger partial charge is 0.407 e. The lowest BCUT2D eigenvalue weighted by atomic mass is 9.49. The number of anilines is 1. The van der Waals surface area contributed by atoms with Gasteiger partial charge < -0.3 is 20.2 Å². The molecule has 156 valence electrons. The van der Waals surface area contributed by atoms with Gasteiger partial charge in [0, 0.05) is 32.7 Å². The molecule has 0 aromatic carbocycles. The van der Waals surface area contributed by atoms with E-state index in [0.717, 1.165) is 24.3 Å². The molecule has 8 heteroatoms. The molecular formula is C21H29N5O3. The summed E-state index contributed by atoms with van der Waals surface area (Å²) in [4.78, 5) is 27.1. The van der Waals surface area contributed by atoms with Crippen molar-refractivity contribution in [2.24, 2.45) is 23.2 Å². The minimum absolute atomic E-state index is 0.143. The maximum Gasteiger partial charge on any atom is 0.407 e. The van der Waals surface area contributed by atoms with Crippen LogP contribution >= 0.6 is 0 Å². The van der Waals surface area contributed by atoms with Gasteiger partial charge in [-0.05, 0) is 73.8 Å². The van der Waals surface area contributed by atoms with E-state index in [-0.39, 0.29) is 5.91 Å². The van der Waals surface area contributed by atoms with Gasteiger partial charge in [-0.1, -0.05) is 0 Å². The van der Waals surface area contributed by atoms with Crippen LogP contribution in [0.3, 0.4) is 0 Å². The van der Waals surface area contributed by atoms with Crippen molar-refractivity contribution >= 4 is 17.8 Å². The first kappa shape index (κ1) is 18.6. The normalized spacial score (nSPS) is 33.0. The summed E-state index contributed by atoms with van der Waals surface area (Å²) in [6, 6.07) is 3.53. The second-order valence-corrected chi connectivity index (χ2v) is 9.63. The summed E-state index contributed by atoms with van der Waals surface area (Å²) in [5.41, 5.74) is 0.657. The summed E-state index contributed by atoms with van der Waals surface area (Å²) >= 11 is 0.